The zero-order valence-corrected chi connectivity index (χ0v) is 8.56. The van der Waals surface area contributed by atoms with Crippen molar-refractivity contribution in [2.75, 3.05) is 6.67 Å². The first kappa shape index (κ1) is 10.5. The van der Waals surface area contributed by atoms with Gasteiger partial charge < -0.3 is 5.32 Å². The van der Waals surface area contributed by atoms with Crippen molar-refractivity contribution in [3.05, 3.63) is 0 Å². The van der Waals surface area contributed by atoms with Gasteiger partial charge in [-0.15, -0.1) is 0 Å². The van der Waals surface area contributed by atoms with Gasteiger partial charge in [0.15, 0.2) is 0 Å². The van der Waals surface area contributed by atoms with Gasteiger partial charge in [0.05, 0.1) is 5.41 Å². The molecule has 1 atom stereocenters. The van der Waals surface area contributed by atoms with Crippen molar-refractivity contribution in [3.8, 4) is 0 Å². The molecule has 1 aliphatic rings. The van der Waals surface area contributed by atoms with E-state index >= 15 is 0 Å². The standard InChI is InChI=1S/C10H18FNO/c1-7(2)8(3)12-9(13)10(6-11)4-5-10/h7-8H,4-6H2,1-3H3,(H,12,13). The number of nitrogens with one attached hydrogen (secondary N) is 1. The lowest BCUT2D eigenvalue weighted by atomic mass is 10.0. The molecule has 0 saturated heterocycles. The highest BCUT2D eigenvalue weighted by Crippen LogP contribution is 2.46. The molecule has 0 radical (unpaired) electrons. The maximum absolute atomic E-state index is 12.5. The van der Waals surface area contributed by atoms with Crippen molar-refractivity contribution in [2.24, 2.45) is 11.3 Å². The SMILES string of the molecule is CC(C)C(C)NC(=O)C1(CF)CC1. The third-order valence-corrected chi connectivity index (χ3v) is 2.95. The molecular formula is C10H18FNO. The summed E-state index contributed by atoms with van der Waals surface area (Å²) in [6.07, 6.45) is 1.42. The Hall–Kier alpha value is -0.600. The van der Waals surface area contributed by atoms with E-state index in [4.69, 9.17) is 0 Å². The fourth-order valence-electron chi connectivity index (χ4n) is 1.10. The largest absolute Gasteiger partial charge is 0.353 e. The molecule has 0 spiro atoms. The van der Waals surface area contributed by atoms with Crippen LogP contribution in [0.3, 0.4) is 0 Å². The van der Waals surface area contributed by atoms with Crippen molar-refractivity contribution in [2.45, 2.75) is 39.7 Å². The summed E-state index contributed by atoms with van der Waals surface area (Å²) in [5.41, 5.74) is -0.650. The van der Waals surface area contributed by atoms with Crippen LogP contribution in [0, 0.1) is 11.3 Å². The second-order valence-electron chi connectivity index (χ2n) is 4.42. The first-order valence-electron chi connectivity index (χ1n) is 4.89. The van der Waals surface area contributed by atoms with Crippen LogP contribution < -0.4 is 5.32 Å². The molecule has 13 heavy (non-hydrogen) atoms. The Bertz CT molecular complexity index is 199. The van der Waals surface area contributed by atoms with Crippen LogP contribution in [0.25, 0.3) is 0 Å². The smallest absolute Gasteiger partial charge is 0.229 e. The molecule has 0 aromatic rings. The minimum atomic E-state index is -0.650. The fraction of sp³-hybridized carbons (Fsp3) is 0.900. The Morgan fingerprint density at radius 1 is 1.46 bits per heavy atom. The van der Waals surface area contributed by atoms with Crippen LogP contribution in [0.5, 0.6) is 0 Å². The molecule has 1 unspecified atom stereocenters. The van der Waals surface area contributed by atoms with Gasteiger partial charge in [-0.1, -0.05) is 13.8 Å². The highest BCUT2D eigenvalue weighted by atomic mass is 19.1. The number of amides is 1. The first-order chi connectivity index (χ1) is 6.02. The van der Waals surface area contributed by atoms with Gasteiger partial charge in [0, 0.05) is 6.04 Å². The van der Waals surface area contributed by atoms with Crippen LogP contribution in [-0.2, 0) is 4.79 Å². The molecule has 3 heteroatoms. The number of carbonyl (C=O) groups is 1. The first-order valence-corrected chi connectivity index (χ1v) is 4.89. The van der Waals surface area contributed by atoms with Crippen molar-refractivity contribution in [3.63, 3.8) is 0 Å². The Morgan fingerprint density at radius 2 is 2.00 bits per heavy atom. The second kappa shape index (κ2) is 3.64. The number of rotatable bonds is 4. The van der Waals surface area contributed by atoms with E-state index in [2.05, 4.69) is 5.32 Å². The summed E-state index contributed by atoms with van der Waals surface area (Å²) in [4.78, 5) is 11.5. The molecule has 1 amide bonds. The molecule has 0 aromatic heterocycles. The van der Waals surface area contributed by atoms with Gasteiger partial charge in [0.1, 0.15) is 6.67 Å². The monoisotopic (exact) mass is 187 g/mol. The van der Waals surface area contributed by atoms with Gasteiger partial charge in [-0.05, 0) is 25.7 Å². The average Bonchev–Trinajstić information content (AvgIpc) is 2.84. The van der Waals surface area contributed by atoms with Crippen molar-refractivity contribution in [1.82, 2.24) is 5.32 Å². The van der Waals surface area contributed by atoms with E-state index in [1.54, 1.807) is 0 Å². The fourth-order valence-corrected chi connectivity index (χ4v) is 1.10. The van der Waals surface area contributed by atoms with Crippen LogP contribution in [0.15, 0.2) is 0 Å². The zero-order chi connectivity index (χ0) is 10.1. The summed E-state index contributed by atoms with van der Waals surface area (Å²) >= 11 is 0. The predicted molar refractivity (Wildman–Crippen MR) is 50.1 cm³/mol. The number of hydrogen-bond donors (Lipinski definition) is 1. The van der Waals surface area contributed by atoms with E-state index in [1.165, 1.54) is 0 Å². The molecule has 1 aliphatic carbocycles. The van der Waals surface area contributed by atoms with Crippen LogP contribution in [-0.4, -0.2) is 18.6 Å². The lowest BCUT2D eigenvalue weighted by Gasteiger charge is -2.20. The van der Waals surface area contributed by atoms with E-state index in [1.807, 2.05) is 20.8 Å². The van der Waals surface area contributed by atoms with Crippen molar-refractivity contribution >= 4 is 5.91 Å². The maximum Gasteiger partial charge on any atom is 0.229 e. The van der Waals surface area contributed by atoms with Crippen LogP contribution in [0.4, 0.5) is 4.39 Å². The van der Waals surface area contributed by atoms with Crippen molar-refractivity contribution < 1.29 is 9.18 Å². The van der Waals surface area contributed by atoms with Gasteiger partial charge >= 0.3 is 0 Å². The number of hydrogen-bond acceptors (Lipinski definition) is 1. The Kier molecular flexibility index (Phi) is 2.94. The molecule has 1 saturated carbocycles. The highest BCUT2D eigenvalue weighted by Gasteiger charge is 2.50. The quantitative estimate of drug-likeness (QED) is 0.715. The van der Waals surface area contributed by atoms with Crippen LogP contribution >= 0.6 is 0 Å². The summed E-state index contributed by atoms with van der Waals surface area (Å²) in [6.45, 7) is 5.53. The molecule has 76 valence electrons. The Morgan fingerprint density at radius 3 is 2.31 bits per heavy atom. The van der Waals surface area contributed by atoms with Gasteiger partial charge in [-0.25, -0.2) is 4.39 Å². The predicted octanol–water partition coefficient (Wildman–Crippen LogP) is 1.90. The summed E-state index contributed by atoms with van der Waals surface area (Å²) in [5, 5.41) is 2.85. The maximum atomic E-state index is 12.5. The minimum Gasteiger partial charge on any atom is -0.353 e. The second-order valence-corrected chi connectivity index (χ2v) is 4.42. The Labute approximate surface area is 78.9 Å². The van der Waals surface area contributed by atoms with Crippen LogP contribution in [0.2, 0.25) is 0 Å². The van der Waals surface area contributed by atoms with Crippen molar-refractivity contribution in [1.29, 1.82) is 0 Å². The molecule has 1 N–H and O–H groups in total. The topological polar surface area (TPSA) is 29.1 Å². The van der Waals surface area contributed by atoms with Gasteiger partial charge in [-0.3, -0.25) is 4.79 Å². The van der Waals surface area contributed by atoms with E-state index in [9.17, 15) is 9.18 Å². The normalized spacial score (nSPS) is 21.3. The number of carbonyl (C=O) groups excluding carboxylic acids is 1. The van der Waals surface area contributed by atoms with E-state index in [-0.39, 0.29) is 11.9 Å². The lowest BCUT2D eigenvalue weighted by molar-refractivity contribution is -0.127. The lowest BCUT2D eigenvalue weighted by Crippen LogP contribution is -2.41. The number of alkyl halides is 1. The van der Waals surface area contributed by atoms with Gasteiger partial charge in [0.2, 0.25) is 5.91 Å². The van der Waals surface area contributed by atoms with E-state index in [0.29, 0.717) is 18.8 Å². The van der Waals surface area contributed by atoms with E-state index in [0.717, 1.165) is 0 Å². The summed E-state index contributed by atoms with van der Waals surface area (Å²) < 4.78 is 12.5. The molecule has 1 rings (SSSR count). The average molecular weight is 187 g/mol. The van der Waals surface area contributed by atoms with E-state index < -0.39 is 12.1 Å². The molecule has 0 bridgehead atoms. The molecule has 0 heterocycles. The third-order valence-electron chi connectivity index (χ3n) is 2.95. The molecule has 1 fully saturated rings. The summed E-state index contributed by atoms with van der Waals surface area (Å²) in [6, 6.07) is 0.136. The van der Waals surface area contributed by atoms with Crippen LogP contribution in [0.1, 0.15) is 33.6 Å². The third kappa shape index (κ3) is 2.20. The molecular weight excluding hydrogens is 169 g/mol. The van der Waals surface area contributed by atoms with Gasteiger partial charge in [-0.2, -0.15) is 0 Å². The minimum absolute atomic E-state index is 0.101. The highest BCUT2D eigenvalue weighted by molar-refractivity contribution is 5.85. The van der Waals surface area contributed by atoms with Gasteiger partial charge in [0.25, 0.3) is 0 Å². The summed E-state index contributed by atoms with van der Waals surface area (Å²) in [7, 11) is 0. The Balaban J connectivity index is 2.41. The molecule has 0 aromatic carbocycles. The molecule has 2 nitrogen and oxygen atoms in total. The summed E-state index contributed by atoms with van der Waals surface area (Å²) in [5.74, 6) is 0.301. The number of halogens is 1. The zero-order valence-electron chi connectivity index (χ0n) is 8.56. The molecule has 0 aliphatic heterocycles.